The van der Waals surface area contributed by atoms with Gasteiger partial charge in [-0.3, -0.25) is 14.6 Å². The predicted molar refractivity (Wildman–Crippen MR) is 101 cm³/mol. The number of aliphatic hydroxyl groups is 2. The first-order valence-electron chi connectivity index (χ1n) is 8.95. The topological polar surface area (TPSA) is 103 Å². The standard InChI is InChI=1S/C19H23N3O4S/c23-16(18(25)21-10-8-13-5-4-12-27-13)17(24)19(26)22-11-3-7-15(22)14-6-1-2-9-20-14/h1-2,4-6,9,12,15-17,23-24H,3,7-8,10-11H2,(H,21,25)/t15?,16-,17-/m1/s1. The average molecular weight is 389 g/mol. The van der Waals surface area contributed by atoms with Gasteiger partial charge >= 0.3 is 0 Å². The molecule has 0 saturated carbocycles. The van der Waals surface area contributed by atoms with E-state index in [0.717, 1.165) is 23.4 Å². The maximum atomic E-state index is 12.6. The van der Waals surface area contributed by atoms with E-state index in [1.54, 1.807) is 23.6 Å². The summed E-state index contributed by atoms with van der Waals surface area (Å²) < 4.78 is 0. The van der Waals surface area contributed by atoms with Gasteiger partial charge in [-0.1, -0.05) is 12.1 Å². The molecule has 8 heteroatoms. The van der Waals surface area contributed by atoms with Crippen molar-refractivity contribution in [3.05, 3.63) is 52.5 Å². The molecule has 7 nitrogen and oxygen atoms in total. The lowest BCUT2D eigenvalue weighted by molar-refractivity contribution is -0.153. The molecule has 1 aliphatic heterocycles. The summed E-state index contributed by atoms with van der Waals surface area (Å²) in [5, 5.41) is 24.9. The minimum atomic E-state index is -1.80. The van der Waals surface area contributed by atoms with Crippen LogP contribution in [0, 0.1) is 0 Å². The van der Waals surface area contributed by atoms with Crippen LogP contribution in [0.3, 0.4) is 0 Å². The number of aliphatic hydroxyl groups excluding tert-OH is 2. The summed E-state index contributed by atoms with van der Waals surface area (Å²) in [5.41, 5.74) is 0.741. The quantitative estimate of drug-likeness (QED) is 0.653. The number of nitrogens with zero attached hydrogens (tertiary/aromatic N) is 2. The number of hydrogen-bond acceptors (Lipinski definition) is 6. The lowest BCUT2D eigenvalue weighted by Crippen LogP contribution is -2.50. The highest BCUT2D eigenvalue weighted by molar-refractivity contribution is 7.09. The van der Waals surface area contributed by atoms with Gasteiger partial charge < -0.3 is 20.4 Å². The first-order chi connectivity index (χ1) is 13.1. The van der Waals surface area contributed by atoms with Gasteiger partial charge in [0.05, 0.1) is 11.7 Å². The van der Waals surface area contributed by atoms with E-state index in [0.29, 0.717) is 19.5 Å². The molecule has 2 aromatic heterocycles. The monoisotopic (exact) mass is 389 g/mol. The fourth-order valence-corrected chi connectivity index (χ4v) is 3.94. The van der Waals surface area contributed by atoms with E-state index in [2.05, 4.69) is 10.3 Å². The fourth-order valence-electron chi connectivity index (χ4n) is 3.23. The Kier molecular flexibility index (Phi) is 6.54. The first-order valence-corrected chi connectivity index (χ1v) is 9.83. The Morgan fingerprint density at radius 3 is 2.81 bits per heavy atom. The van der Waals surface area contributed by atoms with Gasteiger partial charge in [0.25, 0.3) is 11.8 Å². The Morgan fingerprint density at radius 1 is 1.26 bits per heavy atom. The molecule has 1 fully saturated rings. The van der Waals surface area contributed by atoms with Crippen LogP contribution < -0.4 is 5.32 Å². The minimum Gasteiger partial charge on any atom is -0.380 e. The van der Waals surface area contributed by atoms with Crippen molar-refractivity contribution in [3.8, 4) is 0 Å². The van der Waals surface area contributed by atoms with E-state index in [1.807, 2.05) is 29.6 Å². The van der Waals surface area contributed by atoms with Crippen molar-refractivity contribution >= 4 is 23.2 Å². The molecule has 0 radical (unpaired) electrons. The Balaban J connectivity index is 1.56. The molecule has 1 unspecified atom stereocenters. The number of pyridine rings is 1. The van der Waals surface area contributed by atoms with E-state index in [-0.39, 0.29) is 6.04 Å². The van der Waals surface area contributed by atoms with Crippen molar-refractivity contribution < 1.29 is 19.8 Å². The summed E-state index contributed by atoms with van der Waals surface area (Å²) in [6.45, 7) is 0.793. The minimum absolute atomic E-state index is 0.248. The Hall–Kier alpha value is -2.29. The number of carbonyl (C=O) groups is 2. The van der Waals surface area contributed by atoms with Gasteiger partial charge in [0.15, 0.2) is 12.2 Å². The van der Waals surface area contributed by atoms with Crippen molar-refractivity contribution in [2.75, 3.05) is 13.1 Å². The van der Waals surface area contributed by atoms with Crippen LogP contribution in [0.5, 0.6) is 0 Å². The zero-order valence-corrected chi connectivity index (χ0v) is 15.6. The maximum Gasteiger partial charge on any atom is 0.255 e. The maximum absolute atomic E-state index is 12.6. The molecule has 0 bridgehead atoms. The molecule has 3 N–H and O–H groups in total. The summed E-state index contributed by atoms with van der Waals surface area (Å²) in [6.07, 6.45) is 0.208. The number of rotatable bonds is 7. The molecule has 2 amide bonds. The molecule has 0 aliphatic carbocycles. The second-order valence-electron chi connectivity index (χ2n) is 6.45. The van der Waals surface area contributed by atoms with Crippen LogP contribution in [-0.2, 0) is 16.0 Å². The average Bonchev–Trinajstić information content (AvgIpc) is 3.38. The molecular weight excluding hydrogens is 366 g/mol. The van der Waals surface area contributed by atoms with Gasteiger partial charge in [-0.25, -0.2) is 0 Å². The zero-order chi connectivity index (χ0) is 19.2. The summed E-state index contributed by atoms with van der Waals surface area (Å²) in [5.74, 6) is -1.40. The van der Waals surface area contributed by atoms with Crippen molar-refractivity contribution in [1.29, 1.82) is 0 Å². The van der Waals surface area contributed by atoms with E-state index in [4.69, 9.17) is 0 Å². The van der Waals surface area contributed by atoms with E-state index in [1.165, 1.54) is 4.90 Å². The molecule has 3 rings (SSSR count). The highest BCUT2D eigenvalue weighted by atomic mass is 32.1. The Morgan fingerprint density at radius 2 is 2.11 bits per heavy atom. The third-order valence-corrected chi connectivity index (χ3v) is 5.57. The smallest absolute Gasteiger partial charge is 0.255 e. The molecule has 1 aliphatic rings. The number of nitrogens with one attached hydrogen (secondary N) is 1. The lowest BCUT2D eigenvalue weighted by atomic mass is 10.1. The molecule has 3 atom stereocenters. The zero-order valence-electron chi connectivity index (χ0n) is 14.8. The molecule has 1 saturated heterocycles. The largest absolute Gasteiger partial charge is 0.380 e. The van der Waals surface area contributed by atoms with Crippen LogP contribution in [-0.4, -0.2) is 57.2 Å². The fraction of sp³-hybridized carbons (Fsp3) is 0.421. The first kappa shape index (κ1) is 19.5. The van der Waals surface area contributed by atoms with Crippen molar-refractivity contribution in [3.63, 3.8) is 0 Å². The Bertz CT molecular complexity index is 754. The SMILES string of the molecule is O=C(NCCc1cccs1)[C@H](O)[C@@H](O)C(=O)N1CCCC1c1ccccn1. The summed E-state index contributed by atoms with van der Waals surface area (Å²) in [7, 11) is 0. The number of hydrogen-bond donors (Lipinski definition) is 3. The normalized spacial score (nSPS) is 18.9. The van der Waals surface area contributed by atoms with Crippen molar-refractivity contribution in [2.24, 2.45) is 0 Å². The number of thiophene rings is 1. The molecule has 144 valence electrons. The third-order valence-electron chi connectivity index (χ3n) is 4.64. The van der Waals surface area contributed by atoms with Crippen LogP contribution in [0.15, 0.2) is 41.9 Å². The van der Waals surface area contributed by atoms with Gasteiger partial charge in [-0.05, 0) is 42.8 Å². The second-order valence-corrected chi connectivity index (χ2v) is 7.49. The van der Waals surface area contributed by atoms with E-state index < -0.39 is 24.0 Å². The van der Waals surface area contributed by atoms with Crippen molar-refractivity contribution in [2.45, 2.75) is 37.5 Å². The van der Waals surface area contributed by atoms with Crippen LogP contribution in [0.4, 0.5) is 0 Å². The summed E-state index contributed by atoms with van der Waals surface area (Å²) >= 11 is 1.58. The van der Waals surface area contributed by atoms with Gasteiger partial charge in [0.1, 0.15) is 0 Å². The van der Waals surface area contributed by atoms with Gasteiger partial charge in [-0.2, -0.15) is 0 Å². The predicted octanol–water partition coefficient (Wildman–Crippen LogP) is 0.887. The van der Waals surface area contributed by atoms with Crippen LogP contribution >= 0.6 is 11.3 Å². The number of aromatic nitrogens is 1. The van der Waals surface area contributed by atoms with E-state index >= 15 is 0 Å². The summed E-state index contributed by atoms with van der Waals surface area (Å²) in [4.78, 5) is 31.6. The van der Waals surface area contributed by atoms with Crippen LogP contribution in [0.1, 0.15) is 29.5 Å². The summed E-state index contributed by atoms with van der Waals surface area (Å²) in [6, 6.07) is 9.10. The highest BCUT2D eigenvalue weighted by Gasteiger charge is 2.38. The van der Waals surface area contributed by atoms with E-state index in [9.17, 15) is 19.8 Å². The molecule has 27 heavy (non-hydrogen) atoms. The Labute approximate surface area is 161 Å². The van der Waals surface area contributed by atoms with Gasteiger partial charge in [0.2, 0.25) is 0 Å². The molecule has 3 heterocycles. The highest BCUT2D eigenvalue weighted by Crippen LogP contribution is 2.31. The van der Waals surface area contributed by atoms with Crippen molar-refractivity contribution in [1.82, 2.24) is 15.2 Å². The second kappa shape index (κ2) is 9.07. The molecular formula is C19H23N3O4S. The van der Waals surface area contributed by atoms with Gasteiger partial charge in [0, 0.05) is 24.2 Å². The number of carbonyl (C=O) groups excluding carboxylic acids is 2. The lowest BCUT2D eigenvalue weighted by Gasteiger charge is -2.28. The number of likely N-dealkylation sites (tertiary alicyclic amines) is 1. The third kappa shape index (κ3) is 4.71. The number of amides is 2. The van der Waals surface area contributed by atoms with Crippen LogP contribution in [0.2, 0.25) is 0 Å². The molecule has 0 aromatic carbocycles. The molecule has 2 aromatic rings. The molecule has 0 spiro atoms. The van der Waals surface area contributed by atoms with Gasteiger partial charge in [-0.15, -0.1) is 11.3 Å². The van der Waals surface area contributed by atoms with Crippen LogP contribution in [0.25, 0.3) is 0 Å².